The minimum Gasteiger partial charge on any atom is -0.322 e. The number of aryl methyl sites for hydroxylation is 1. The van der Waals surface area contributed by atoms with Crippen LogP contribution in [0.15, 0.2) is 42.5 Å². The third-order valence-electron chi connectivity index (χ3n) is 3.30. The molecule has 0 heterocycles. The highest BCUT2D eigenvalue weighted by Crippen LogP contribution is 2.17. The predicted octanol–water partition coefficient (Wildman–Crippen LogP) is 3.54. The molecule has 0 atom stereocenters. The Morgan fingerprint density at radius 1 is 1.12 bits per heavy atom. The second kappa shape index (κ2) is 7.44. The van der Waals surface area contributed by atoms with Crippen LogP contribution < -0.4 is 10.0 Å². The van der Waals surface area contributed by atoms with Crippen LogP contribution in [-0.2, 0) is 10.0 Å². The summed E-state index contributed by atoms with van der Waals surface area (Å²) in [6, 6.07) is 10.5. The maximum absolute atomic E-state index is 13.5. The molecule has 2 N–H and O–H groups in total. The predicted molar refractivity (Wildman–Crippen MR) is 93.2 cm³/mol. The van der Waals surface area contributed by atoms with E-state index in [0.717, 1.165) is 0 Å². The number of amides is 1. The van der Waals surface area contributed by atoms with Crippen molar-refractivity contribution >= 4 is 27.3 Å². The molecule has 0 aliphatic rings. The fourth-order valence-electron chi connectivity index (χ4n) is 2.10. The molecule has 0 bridgehead atoms. The first-order valence-electron chi connectivity index (χ1n) is 7.49. The van der Waals surface area contributed by atoms with Crippen LogP contribution in [-0.4, -0.2) is 20.1 Å². The van der Waals surface area contributed by atoms with Crippen LogP contribution in [0.25, 0.3) is 0 Å². The molecule has 0 aromatic heterocycles. The van der Waals surface area contributed by atoms with Gasteiger partial charge in [0.1, 0.15) is 5.82 Å². The number of carbonyl (C=O) groups excluding carboxylic acids is 1. The molecule has 0 saturated carbocycles. The molecular weight excluding hydrogens is 331 g/mol. The molecule has 0 saturated heterocycles. The quantitative estimate of drug-likeness (QED) is 0.837. The summed E-state index contributed by atoms with van der Waals surface area (Å²) >= 11 is 0. The number of benzene rings is 2. The largest absolute Gasteiger partial charge is 0.322 e. The number of hydrogen-bond acceptors (Lipinski definition) is 3. The topological polar surface area (TPSA) is 75.3 Å². The van der Waals surface area contributed by atoms with Gasteiger partial charge in [-0.1, -0.05) is 19.1 Å². The molecule has 5 nitrogen and oxygen atoms in total. The summed E-state index contributed by atoms with van der Waals surface area (Å²) in [5, 5.41) is 2.59. The molecule has 0 radical (unpaired) electrons. The SMILES string of the molecule is CCCS(=O)(=O)Nc1cccc(C(=O)Nc2ccc(C)c(F)c2)c1. The Labute approximate surface area is 141 Å². The molecule has 0 spiro atoms. The summed E-state index contributed by atoms with van der Waals surface area (Å²) in [5.41, 5.74) is 1.40. The van der Waals surface area contributed by atoms with Crippen LogP contribution in [0, 0.1) is 12.7 Å². The van der Waals surface area contributed by atoms with E-state index in [1.807, 2.05) is 0 Å². The van der Waals surface area contributed by atoms with Crippen molar-refractivity contribution in [1.82, 2.24) is 0 Å². The zero-order valence-corrected chi connectivity index (χ0v) is 14.3. The molecule has 7 heteroatoms. The summed E-state index contributed by atoms with van der Waals surface area (Å²) in [5.74, 6) is -0.852. The minimum absolute atomic E-state index is 0.00602. The van der Waals surface area contributed by atoms with E-state index in [-0.39, 0.29) is 11.3 Å². The lowest BCUT2D eigenvalue weighted by atomic mass is 10.1. The van der Waals surface area contributed by atoms with Crippen LogP contribution in [0.1, 0.15) is 29.3 Å². The van der Waals surface area contributed by atoms with E-state index in [1.54, 1.807) is 44.2 Å². The highest BCUT2D eigenvalue weighted by Gasteiger charge is 2.12. The van der Waals surface area contributed by atoms with Gasteiger partial charge in [-0.15, -0.1) is 0 Å². The molecule has 2 rings (SSSR count). The first-order valence-corrected chi connectivity index (χ1v) is 9.14. The van der Waals surface area contributed by atoms with Gasteiger partial charge in [-0.3, -0.25) is 9.52 Å². The standard InChI is InChI=1S/C17H19FN2O3S/c1-3-9-24(22,23)20-15-6-4-5-13(10-15)17(21)19-14-8-7-12(2)16(18)11-14/h4-8,10-11,20H,3,9H2,1-2H3,(H,19,21). The zero-order valence-electron chi connectivity index (χ0n) is 13.5. The molecule has 1 amide bonds. The molecule has 0 aliphatic heterocycles. The van der Waals surface area contributed by atoms with Crippen molar-refractivity contribution in [2.45, 2.75) is 20.3 Å². The van der Waals surface area contributed by atoms with Crippen LogP contribution in [0.4, 0.5) is 15.8 Å². The summed E-state index contributed by atoms with van der Waals surface area (Å²) < 4.78 is 39.5. The third-order valence-corrected chi connectivity index (χ3v) is 4.79. The molecule has 128 valence electrons. The Hall–Kier alpha value is -2.41. The van der Waals surface area contributed by atoms with Gasteiger partial charge in [-0.25, -0.2) is 12.8 Å². The molecule has 0 unspecified atom stereocenters. The van der Waals surface area contributed by atoms with E-state index >= 15 is 0 Å². The average molecular weight is 350 g/mol. The summed E-state index contributed by atoms with van der Waals surface area (Å²) in [6.07, 6.45) is 0.495. The van der Waals surface area contributed by atoms with Gasteiger partial charge in [0.15, 0.2) is 0 Å². The highest BCUT2D eigenvalue weighted by atomic mass is 32.2. The smallest absolute Gasteiger partial charge is 0.255 e. The van der Waals surface area contributed by atoms with Gasteiger partial charge >= 0.3 is 0 Å². The number of halogens is 1. The Balaban J connectivity index is 2.15. The Kier molecular flexibility index (Phi) is 5.56. The zero-order chi connectivity index (χ0) is 17.7. The first-order chi connectivity index (χ1) is 11.3. The van der Waals surface area contributed by atoms with Gasteiger partial charge in [0.25, 0.3) is 5.91 Å². The van der Waals surface area contributed by atoms with Gasteiger partial charge in [0, 0.05) is 16.9 Å². The van der Waals surface area contributed by atoms with Gasteiger partial charge < -0.3 is 5.32 Å². The van der Waals surface area contributed by atoms with E-state index in [1.165, 1.54) is 12.1 Å². The number of carbonyl (C=O) groups is 1. The monoisotopic (exact) mass is 350 g/mol. The number of nitrogens with one attached hydrogen (secondary N) is 2. The molecule has 24 heavy (non-hydrogen) atoms. The number of anilines is 2. The van der Waals surface area contributed by atoms with Crippen molar-refractivity contribution in [2.75, 3.05) is 15.8 Å². The average Bonchev–Trinajstić information content (AvgIpc) is 2.50. The van der Waals surface area contributed by atoms with Crippen molar-refractivity contribution in [3.63, 3.8) is 0 Å². The molecular formula is C17H19FN2O3S. The van der Waals surface area contributed by atoms with Gasteiger partial charge in [0.05, 0.1) is 5.75 Å². The highest BCUT2D eigenvalue weighted by molar-refractivity contribution is 7.92. The lowest BCUT2D eigenvalue weighted by Crippen LogP contribution is -2.17. The number of rotatable bonds is 6. The van der Waals surface area contributed by atoms with Crippen LogP contribution in [0.2, 0.25) is 0 Å². The summed E-state index contributed by atoms with van der Waals surface area (Å²) in [6.45, 7) is 3.40. The van der Waals surface area contributed by atoms with Crippen molar-refractivity contribution in [3.8, 4) is 0 Å². The van der Waals surface area contributed by atoms with Gasteiger partial charge in [-0.05, 0) is 49.2 Å². The fourth-order valence-corrected chi connectivity index (χ4v) is 3.22. The van der Waals surface area contributed by atoms with Crippen LogP contribution in [0.5, 0.6) is 0 Å². The molecule has 0 fully saturated rings. The number of hydrogen-bond donors (Lipinski definition) is 2. The normalized spacial score (nSPS) is 11.1. The van der Waals surface area contributed by atoms with Crippen molar-refractivity contribution in [1.29, 1.82) is 0 Å². The second-order valence-corrected chi connectivity index (χ2v) is 7.26. The Morgan fingerprint density at radius 3 is 2.54 bits per heavy atom. The second-order valence-electron chi connectivity index (χ2n) is 5.42. The van der Waals surface area contributed by atoms with E-state index in [2.05, 4.69) is 10.0 Å². The van der Waals surface area contributed by atoms with Crippen molar-refractivity contribution < 1.29 is 17.6 Å². The van der Waals surface area contributed by atoms with E-state index in [9.17, 15) is 17.6 Å². The first kappa shape index (κ1) is 17.9. The van der Waals surface area contributed by atoms with E-state index < -0.39 is 21.7 Å². The Bertz CT molecular complexity index is 851. The van der Waals surface area contributed by atoms with Gasteiger partial charge in [0.2, 0.25) is 10.0 Å². The maximum Gasteiger partial charge on any atom is 0.255 e. The summed E-state index contributed by atoms with van der Waals surface area (Å²) in [7, 11) is -3.43. The van der Waals surface area contributed by atoms with Crippen molar-refractivity contribution in [2.24, 2.45) is 0 Å². The molecule has 2 aromatic rings. The van der Waals surface area contributed by atoms with Crippen molar-refractivity contribution in [3.05, 3.63) is 59.4 Å². The van der Waals surface area contributed by atoms with E-state index in [0.29, 0.717) is 23.4 Å². The fraction of sp³-hybridized carbons (Fsp3) is 0.235. The lowest BCUT2D eigenvalue weighted by molar-refractivity contribution is 0.102. The Morgan fingerprint density at radius 2 is 1.88 bits per heavy atom. The molecule has 2 aromatic carbocycles. The minimum atomic E-state index is -3.43. The summed E-state index contributed by atoms with van der Waals surface area (Å²) in [4.78, 5) is 12.2. The third kappa shape index (κ3) is 4.79. The number of sulfonamides is 1. The van der Waals surface area contributed by atoms with Gasteiger partial charge in [-0.2, -0.15) is 0 Å². The van der Waals surface area contributed by atoms with Crippen LogP contribution in [0.3, 0.4) is 0 Å². The lowest BCUT2D eigenvalue weighted by Gasteiger charge is -2.10. The maximum atomic E-state index is 13.5. The van der Waals surface area contributed by atoms with E-state index in [4.69, 9.17) is 0 Å². The molecule has 0 aliphatic carbocycles. The van der Waals surface area contributed by atoms with Crippen LogP contribution >= 0.6 is 0 Å².